The van der Waals surface area contributed by atoms with E-state index in [1.807, 2.05) is 6.08 Å². The fraction of sp³-hybridized carbons (Fsp3) is 0.500. The van der Waals surface area contributed by atoms with Crippen molar-refractivity contribution in [2.24, 2.45) is 0 Å². The van der Waals surface area contributed by atoms with Gasteiger partial charge in [-0.15, -0.1) is 0 Å². The smallest absolute Gasteiger partial charge is 0.181 e. The Morgan fingerprint density at radius 3 is 2.86 bits per heavy atom. The van der Waals surface area contributed by atoms with Crippen LogP contribution < -0.4 is 0 Å². The van der Waals surface area contributed by atoms with Gasteiger partial charge in [0.2, 0.25) is 0 Å². The molecule has 0 saturated carbocycles. The van der Waals surface area contributed by atoms with Crippen LogP contribution in [0.15, 0.2) is 11.5 Å². The van der Waals surface area contributed by atoms with Gasteiger partial charge in [0.25, 0.3) is 0 Å². The molecule has 0 amide bonds. The average molecular weight is 118 g/mol. The first kappa shape index (κ1) is 5.00. The van der Waals surface area contributed by atoms with Crippen LogP contribution in [0.4, 0.5) is 0 Å². The van der Waals surface area contributed by atoms with Crippen molar-refractivity contribution < 1.29 is 8.39 Å². The summed E-state index contributed by atoms with van der Waals surface area (Å²) in [5, 5.41) is 1.56. The van der Waals surface area contributed by atoms with Gasteiger partial charge in [0.15, 0.2) is 11.1 Å². The molecule has 40 valence electrons. The van der Waals surface area contributed by atoms with Crippen LogP contribution in [0.3, 0.4) is 0 Å². The molecule has 1 rings (SSSR count). The lowest BCUT2D eigenvalue weighted by Crippen LogP contribution is -1.99. The van der Waals surface area contributed by atoms with Gasteiger partial charge >= 0.3 is 0 Å². The average Bonchev–Trinajstić information content (AvgIpc) is 1.69. The van der Waals surface area contributed by atoms with Gasteiger partial charge < -0.3 is 0 Å². The van der Waals surface area contributed by atoms with Crippen LogP contribution in [0.25, 0.3) is 0 Å². The Kier molecular flexibility index (Phi) is 1.59. The lowest BCUT2D eigenvalue weighted by molar-refractivity contribution is 0.355. The molecule has 0 aromatic carbocycles. The molecule has 0 aliphatic carbocycles. The monoisotopic (exact) mass is 118 g/mol. The van der Waals surface area contributed by atoms with Crippen molar-refractivity contribution >= 4 is 11.1 Å². The molecule has 0 radical (unpaired) electrons. The molecular formula is C4H6O2S. The molecule has 0 fully saturated rings. The van der Waals surface area contributed by atoms with Crippen molar-refractivity contribution in [3.63, 3.8) is 0 Å². The first-order valence-electron chi connectivity index (χ1n) is 2.10. The van der Waals surface area contributed by atoms with Gasteiger partial charge in [-0.05, 0) is 6.42 Å². The second-order valence-electron chi connectivity index (χ2n) is 1.24. The van der Waals surface area contributed by atoms with E-state index in [0.29, 0.717) is 6.61 Å². The summed E-state index contributed by atoms with van der Waals surface area (Å²) in [6.07, 6.45) is 2.76. The molecule has 0 N–H and O–H groups in total. The minimum Gasteiger partial charge on any atom is -0.287 e. The summed E-state index contributed by atoms with van der Waals surface area (Å²) in [6.45, 7) is 0.600. The summed E-state index contributed by atoms with van der Waals surface area (Å²) in [5.41, 5.74) is 0. The van der Waals surface area contributed by atoms with E-state index in [2.05, 4.69) is 4.18 Å². The highest BCUT2D eigenvalue weighted by Gasteiger charge is 1.96. The Labute approximate surface area is 44.8 Å². The third kappa shape index (κ3) is 1.41. The maximum absolute atomic E-state index is 10.3. The van der Waals surface area contributed by atoms with Gasteiger partial charge in [-0.25, -0.2) is 4.21 Å². The van der Waals surface area contributed by atoms with Crippen molar-refractivity contribution in [2.75, 3.05) is 6.61 Å². The highest BCUT2D eigenvalue weighted by atomic mass is 32.2. The van der Waals surface area contributed by atoms with E-state index in [-0.39, 0.29) is 0 Å². The van der Waals surface area contributed by atoms with Crippen LogP contribution in [0.5, 0.6) is 0 Å². The number of hydrogen-bond acceptors (Lipinski definition) is 2. The maximum Gasteiger partial charge on any atom is 0.181 e. The molecule has 1 unspecified atom stereocenters. The summed E-state index contributed by atoms with van der Waals surface area (Å²) in [7, 11) is 0. The molecule has 3 heteroatoms. The van der Waals surface area contributed by atoms with Crippen LogP contribution in [0.1, 0.15) is 6.42 Å². The van der Waals surface area contributed by atoms with Gasteiger partial charge in [0.05, 0.1) is 6.61 Å². The summed E-state index contributed by atoms with van der Waals surface area (Å²) >= 11 is -1.12. The molecule has 2 nitrogen and oxygen atoms in total. The normalized spacial score (nSPS) is 30.6. The fourth-order valence-electron chi connectivity index (χ4n) is 0.384. The van der Waals surface area contributed by atoms with Crippen molar-refractivity contribution in [1.29, 1.82) is 0 Å². The van der Waals surface area contributed by atoms with E-state index >= 15 is 0 Å². The van der Waals surface area contributed by atoms with E-state index < -0.39 is 11.1 Å². The van der Waals surface area contributed by atoms with Crippen LogP contribution in [0, 0.1) is 0 Å². The lowest BCUT2D eigenvalue weighted by Gasteiger charge is -1.99. The Morgan fingerprint density at radius 2 is 2.57 bits per heavy atom. The largest absolute Gasteiger partial charge is 0.287 e. The van der Waals surface area contributed by atoms with Gasteiger partial charge in [-0.2, -0.15) is 0 Å². The summed E-state index contributed by atoms with van der Waals surface area (Å²) in [6, 6.07) is 0. The first-order valence-corrected chi connectivity index (χ1v) is 3.24. The summed E-state index contributed by atoms with van der Waals surface area (Å²) in [5.74, 6) is 0. The minimum atomic E-state index is -1.12. The van der Waals surface area contributed by atoms with E-state index in [0.717, 1.165) is 6.42 Å². The van der Waals surface area contributed by atoms with Crippen LogP contribution >= 0.6 is 0 Å². The quantitative estimate of drug-likeness (QED) is 0.465. The number of hydrogen-bond donors (Lipinski definition) is 0. The van der Waals surface area contributed by atoms with Crippen LogP contribution in [0.2, 0.25) is 0 Å². The maximum atomic E-state index is 10.3. The van der Waals surface area contributed by atoms with Crippen LogP contribution in [-0.4, -0.2) is 10.8 Å². The van der Waals surface area contributed by atoms with Gasteiger partial charge in [0.1, 0.15) is 0 Å². The molecule has 1 aliphatic heterocycles. The fourth-order valence-corrected chi connectivity index (χ4v) is 1.02. The second kappa shape index (κ2) is 2.23. The van der Waals surface area contributed by atoms with Crippen molar-refractivity contribution in [1.82, 2.24) is 0 Å². The molecule has 0 bridgehead atoms. The van der Waals surface area contributed by atoms with Gasteiger partial charge in [-0.1, -0.05) is 6.08 Å². The summed E-state index contributed by atoms with van der Waals surface area (Å²) in [4.78, 5) is 0. The van der Waals surface area contributed by atoms with E-state index in [4.69, 9.17) is 0 Å². The Bertz CT molecular complexity index is 108. The lowest BCUT2D eigenvalue weighted by atomic mass is 10.5. The molecule has 0 saturated heterocycles. The van der Waals surface area contributed by atoms with Crippen LogP contribution in [-0.2, 0) is 15.3 Å². The predicted molar refractivity (Wildman–Crippen MR) is 27.9 cm³/mol. The molecule has 1 heterocycles. The van der Waals surface area contributed by atoms with Crippen molar-refractivity contribution in [3.05, 3.63) is 11.5 Å². The number of rotatable bonds is 0. The molecule has 1 atom stereocenters. The van der Waals surface area contributed by atoms with E-state index in [9.17, 15) is 4.21 Å². The zero-order chi connectivity index (χ0) is 5.11. The molecule has 0 aromatic heterocycles. The molecule has 0 spiro atoms. The van der Waals surface area contributed by atoms with Gasteiger partial charge in [0, 0.05) is 5.41 Å². The van der Waals surface area contributed by atoms with Crippen molar-refractivity contribution in [2.45, 2.75) is 6.42 Å². The minimum absolute atomic E-state index is 0.600. The summed E-state index contributed by atoms with van der Waals surface area (Å²) < 4.78 is 14.9. The van der Waals surface area contributed by atoms with E-state index in [1.165, 1.54) is 0 Å². The van der Waals surface area contributed by atoms with Crippen molar-refractivity contribution in [3.8, 4) is 0 Å². The zero-order valence-corrected chi connectivity index (χ0v) is 4.61. The highest BCUT2D eigenvalue weighted by Crippen LogP contribution is 1.98. The van der Waals surface area contributed by atoms with Gasteiger partial charge in [-0.3, -0.25) is 4.18 Å². The second-order valence-corrected chi connectivity index (χ2v) is 2.27. The first-order chi connectivity index (χ1) is 3.39. The topological polar surface area (TPSA) is 26.3 Å². The standard InChI is InChI=1S/C4H6O2S/c5-7-4-2-1-3-6-7/h2,4H,1,3H2. The Hall–Kier alpha value is -0.150. The zero-order valence-electron chi connectivity index (χ0n) is 3.79. The Balaban J connectivity index is 2.51. The molecule has 0 aromatic rings. The predicted octanol–water partition coefficient (Wildman–Crippen LogP) is 0.584. The highest BCUT2D eigenvalue weighted by molar-refractivity contribution is 7.83. The SMILES string of the molecule is O=S1C=CCCO1. The molecular weight excluding hydrogens is 112 g/mol. The third-order valence-electron chi connectivity index (χ3n) is 0.691. The Morgan fingerprint density at radius 1 is 1.71 bits per heavy atom. The molecule has 1 aliphatic rings. The molecule has 7 heavy (non-hydrogen) atoms. The third-order valence-corrected chi connectivity index (χ3v) is 1.50. The van der Waals surface area contributed by atoms with E-state index in [1.54, 1.807) is 5.41 Å².